The predicted octanol–water partition coefficient (Wildman–Crippen LogP) is 7.46. The number of rotatable bonds is 11. The summed E-state index contributed by atoms with van der Waals surface area (Å²) in [6.45, 7) is 10.9. The average Bonchev–Trinajstić information content (AvgIpc) is 2.51. The van der Waals surface area contributed by atoms with Gasteiger partial charge in [0.05, 0.1) is 0 Å². The molecule has 138 valence electrons. The van der Waals surface area contributed by atoms with Crippen LogP contribution in [0.25, 0.3) is 0 Å². The Balaban J connectivity index is 2.30. The van der Waals surface area contributed by atoms with Crippen molar-refractivity contribution in [2.24, 2.45) is 0 Å². The second-order valence-electron chi connectivity index (χ2n) is 8.50. The number of phenols is 1. The Labute approximate surface area is 150 Å². The van der Waals surface area contributed by atoms with Crippen molar-refractivity contribution in [3.8, 4) is 5.75 Å². The first-order valence-electron chi connectivity index (χ1n) is 10.2. The Morgan fingerprint density at radius 2 is 1.29 bits per heavy atom. The quantitative estimate of drug-likeness (QED) is 0.417. The van der Waals surface area contributed by atoms with Gasteiger partial charge in [-0.2, -0.15) is 0 Å². The second-order valence-corrected chi connectivity index (χ2v) is 8.50. The molecule has 1 N–H and O–H groups in total. The van der Waals surface area contributed by atoms with Crippen molar-refractivity contribution in [1.82, 2.24) is 0 Å². The van der Waals surface area contributed by atoms with E-state index in [2.05, 4.69) is 46.8 Å². The molecule has 0 aliphatic heterocycles. The Kier molecular flexibility index (Phi) is 9.48. The molecule has 0 heterocycles. The molecular formula is C23H40O. The maximum absolute atomic E-state index is 10.6. The van der Waals surface area contributed by atoms with Gasteiger partial charge in [0.15, 0.2) is 0 Å². The molecule has 1 aromatic carbocycles. The van der Waals surface area contributed by atoms with Crippen molar-refractivity contribution in [2.45, 2.75) is 111 Å². The zero-order valence-electron chi connectivity index (χ0n) is 16.9. The third-order valence-corrected chi connectivity index (χ3v) is 4.94. The lowest BCUT2D eigenvalue weighted by Gasteiger charge is -2.23. The maximum Gasteiger partial charge on any atom is 0.122 e. The molecule has 0 unspecified atom stereocenters. The number of benzene rings is 1. The summed E-state index contributed by atoms with van der Waals surface area (Å²) >= 11 is 0. The molecule has 0 aliphatic carbocycles. The summed E-state index contributed by atoms with van der Waals surface area (Å²) in [7, 11) is 0. The summed E-state index contributed by atoms with van der Waals surface area (Å²) in [6.07, 6.45) is 14.6. The van der Waals surface area contributed by atoms with Crippen LogP contribution in [0.5, 0.6) is 5.75 Å². The topological polar surface area (TPSA) is 20.2 Å². The SMILES string of the molecule is CCCCCCCCCCCCc1cc(C)cc(C(C)(C)C)c1O. The molecule has 0 aromatic heterocycles. The Morgan fingerprint density at radius 3 is 1.79 bits per heavy atom. The van der Waals surface area contributed by atoms with E-state index >= 15 is 0 Å². The summed E-state index contributed by atoms with van der Waals surface area (Å²) in [5, 5.41) is 10.6. The molecule has 0 amide bonds. The molecule has 0 atom stereocenters. The normalized spacial score (nSPS) is 11.9. The Hall–Kier alpha value is -0.980. The van der Waals surface area contributed by atoms with Crippen LogP contribution in [0.2, 0.25) is 0 Å². The number of hydrogen-bond acceptors (Lipinski definition) is 1. The van der Waals surface area contributed by atoms with E-state index in [0.29, 0.717) is 5.75 Å². The number of aromatic hydroxyl groups is 1. The molecule has 0 saturated carbocycles. The van der Waals surface area contributed by atoms with Crippen molar-refractivity contribution in [3.63, 3.8) is 0 Å². The zero-order valence-corrected chi connectivity index (χ0v) is 16.9. The van der Waals surface area contributed by atoms with E-state index in [1.807, 2.05) is 0 Å². The van der Waals surface area contributed by atoms with Crippen LogP contribution < -0.4 is 0 Å². The molecule has 0 fully saturated rings. The van der Waals surface area contributed by atoms with E-state index in [-0.39, 0.29) is 5.41 Å². The molecule has 1 nitrogen and oxygen atoms in total. The minimum atomic E-state index is 0.00261. The second kappa shape index (κ2) is 10.8. The zero-order chi connectivity index (χ0) is 18.0. The molecule has 0 spiro atoms. The standard InChI is InChI=1S/C23H40O/c1-6-7-8-9-10-11-12-13-14-15-16-20-17-19(2)18-21(22(20)24)23(3,4)5/h17-18,24H,6-16H2,1-5H3. The van der Waals surface area contributed by atoms with Gasteiger partial charge in [-0.15, -0.1) is 0 Å². The van der Waals surface area contributed by atoms with E-state index in [0.717, 1.165) is 17.5 Å². The molecular weight excluding hydrogens is 292 g/mol. The van der Waals surface area contributed by atoms with Crippen LogP contribution in [0.3, 0.4) is 0 Å². The van der Waals surface area contributed by atoms with Gasteiger partial charge in [0, 0.05) is 0 Å². The van der Waals surface area contributed by atoms with E-state index in [1.54, 1.807) is 0 Å². The first-order valence-corrected chi connectivity index (χ1v) is 10.2. The van der Waals surface area contributed by atoms with E-state index < -0.39 is 0 Å². The lowest BCUT2D eigenvalue weighted by molar-refractivity contribution is 0.438. The fraction of sp³-hybridized carbons (Fsp3) is 0.739. The van der Waals surface area contributed by atoms with E-state index in [1.165, 1.54) is 69.8 Å². The first-order chi connectivity index (χ1) is 11.4. The van der Waals surface area contributed by atoms with E-state index in [4.69, 9.17) is 0 Å². The van der Waals surface area contributed by atoms with Crippen molar-refractivity contribution >= 4 is 0 Å². The van der Waals surface area contributed by atoms with Crippen LogP contribution in [-0.2, 0) is 11.8 Å². The molecule has 1 rings (SSSR count). The molecule has 0 saturated heterocycles. The first kappa shape index (κ1) is 21.1. The van der Waals surface area contributed by atoms with Gasteiger partial charge in [0.1, 0.15) is 5.75 Å². The highest BCUT2D eigenvalue weighted by Gasteiger charge is 2.20. The highest BCUT2D eigenvalue weighted by molar-refractivity contribution is 5.46. The monoisotopic (exact) mass is 332 g/mol. The molecule has 1 heteroatoms. The van der Waals surface area contributed by atoms with Crippen LogP contribution in [0.4, 0.5) is 0 Å². The van der Waals surface area contributed by atoms with Gasteiger partial charge in [-0.3, -0.25) is 0 Å². The lowest BCUT2D eigenvalue weighted by atomic mass is 9.83. The van der Waals surface area contributed by atoms with Gasteiger partial charge < -0.3 is 5.11 Å². The lowest BCUT2D eigenvalue weighted by Crippen LogP contribution is -2.12. The largest absolute Gasteiger partial charge is 0.507 e. The van der Waals surface area contributed by atoms with Crippen LogP contribution in [0.1, 0.15) is 109 Å². The molecule has 0 aliphatic rings. The van der Waals surface area contributed by atoms with Gasteiger partial charge >= 0.3 is 0 Å². The van der Waals surface area contributed by atoms with E-state index in [9.17, 15) is 5.11 Å². The van der Waals surface area contributed by atoms with Crippen LogP contribution >= 0.6 is 0 Å². The minimum Gasteiger partial charge on any atom is -0.507 e. The van der Waals surface area contributed by atoms with Gasteiger partial charge in [-0.1, -0.05) is 103 Å². The Bertz CT molecular complexity index is 468. The summed E-state index contributed by atoms with van der Waals surface area (Å²) in [6, 6.07) is 4.30. The van der Waals surface area contributed by atoms with Gasteiger partial charge in [0.2, 0.25) is 0 Å². The highest BCUT2D eigenvalue weighted by Crippen LogP contribution is 2.35. The van der Waals surface area contributed by atoms with Gasteiger partial charge in [-0.25, -0.2) is 0 Å². The van der Waals surface area contributed by atoms with Crippen molar-refractivity contribution in [2.75, 3.05) is 0 Å². The molecule has 0 bridgehead atoms. The summed E-state index contributed by atoms with van der Waals surface area (Å²) < 4.78 is 0. The number of unbranched alkanes of at least 4 members (excludes halogenated alkanes) is 9. The van der Waals surface area contributed by atoms with Crippen LogP contribution in [0.15, 0.2) is 12.1 Å². The number of aryl methyl sites for hydroxylation is 2. The van der Waals surface area contributed by atoms with Crippen LogP contribution in [0, 0.1) is 6.92 Å². The summed E-state index contributed by atoms with van der Waals surface area (Å²) in [5.74, 6) is 0.532. The third-order valence-electron chi connectivity index (χ3n) is 4.94. The smallest absolute Gasteiger partial charge is 0.122 e. The fourth-order valence-electron chi connectivity index (χ4n) is 3.42. The molecule has 24 heavy (non-hydrogen) atoms. The van der Waals surface area contributed by atoms with Crippen molar-refractivity contribution < 1.29 is 5.11 Å². The Morgan fingerprint density at radius 1 is 0.792 bits per heavy atom. The van der Waals surface area contributed by atoms with Crippen molar-refractivity contribution in [1.29, 1.82) is 0 Å². The molecule has 0 radical (unpaired) electrons. The van der Waals surface area contributed by atoms with Gasteiger partial charge in [-0.05, 0) is 36.3 Å². The predicted molar refractivity (Wildman–Crippen MR) is 107 cm³/mol. The minimum absolute atomic E-state index is 0.00261. The van der Waals surface area contributed by atoms with Crippen LogP contribution in [-0.4, -0.2) is 5.11 Å². The molecule has 1 aromatic rings. The highest BCUT2D eigenvalue weighted by atomic mass is 16.3. The average molecular weight is 333 g/mol. The summed E-state index contributed by atoms with van der Waals surface area (Å²) in [4.78, 5) is 0. The van der Waals surface area contributed by atoms with Crippen molar-refractivity contribution in [3.05, 3.63) is 28.8 Å². The third kappa shape index (κ3) is 7.73. The fourth-order valence-corrected chi connectivity index (χ4v) is 3.42. The number of phenolic OH excluding ortho intramolecular Hbond substituents is 1. The maximum atomic E-state index is 10.6. The van der Waals surface area contributed by atoms with Gasteiger partial charge in [0.25, 0.3) is 0 Å². The number of hydrogen-bond donors (Lipinski definition) is 1. The summed E-state index contributed by atoms with van der Waals surface area (Å²) in [5.41, 5.74) is 3.49.